The number of ether oxygens (including phenoxy) is 1. The Bertz CT molecular complexity index is 1320. The van der Waals surface area contributed by atoms with Crippen LogP contribution in [-0.4, -0.2) is 27.7 Å². The lowest BCUT2D eigenvalue weighted by Gasteiger charge is -2.19. The predicted octanol–water partition coefficient (Wildman–Crippen LogP) is 3.01. The molecule has 0 aliphatic heterocycles. The van der Waals surface area contributed by atoms with Gasteiger partial charge in [0.25, 0.3) is 5.91 Å². The van der Waals surface area contributed by atoms with Gasteiger partial charge in [-0.25, -0.2) is 22.9 Å². The Kier molecular flexibility index (Phi) is 5.39. The van der Waals surface area contributed by atoms with Crippen molar-refractivity contribution in [1.82, 2.24) is 20.3 Å². The number of amides is 1. The third-order valence-corrected chi connectivity index (χ3v) is 4.35. The minimum absolute atomic E-state index is 0.0861. The highest BCUT2D eigenvalue weighted by atomic mass is 19.1. The van der Waals surface area contributed by atoms with Crippen molar-refractivity contribution in [3.8, 4) is 5.75 Å². The first-order valence-electron chi connectivity index (χ1n) is 8.85. The maximum absolute atomic E-state index is 14.4. The number of halogens is 3. The van der Waals surface area contributed by atoms with Crippen LogP contribution in [0.1, 0.15) is 27.8 Å². The molecule has 4 aromatic rings. The molecule has 2 N–H and O–H groups in total. The number of hydrogen-bond donors (Lipinski definition) is 2. The van der Waals surface area contributed by atoms with Gasteiger partial charge >= 0.3 is 5.76 Å². The molecule has 0 bridgehead atoms. The van der Waals surface area contributed by atoms with E-state index in [0.29, 0.717) is 5.52 Å². The van der Waals surface area contributed by atoms with Gasteiger partial charge in [-0.15, -0.1) is 0 Å². The van der Waals surface area contributed by atoms with Gasteiger partial charge < -0.3 is 14.5 Å². The number of carbonyl (C=O) groups is 1. The molecule has 0 fully saturated rings. The SMILES string of the molecule is O=C(N[C@@H](c1ccc(OCF)c(F)c1)c1ncccc1F)c1ccc2[nH]c(=O)oc2n1. The Hall–Kier alpha value is -4.15. The zero-order chi connectivity index (χ0) is 22.0. The Labute approximate surface area is 171 Å². The summed E-state index contributed by atoms with van der Waals surface area (Å²) in [6.45, 7) is -1.23. The lowest BCUT2D eigenvalue weighted by Crippen LogP contribution is -2.31. The Morgan fingerprint density at radius 2 is 2.03 bits per heavy atom. The standard InChI is InChI=1S/C20H13F3N4O4/c21-9-30-15-6-3-10(8-12(15)23)16(17-11(22)2-1-7-24-17)27-18(28)13-4-5-14-19(25-13)31-20(29)26-14/h1-8,16H,9H2,(H,26,29)(H,27,28)/t16-/m0/s1. The molecule has 11 heteroatoms. The van der Waals surface area contributed by atoms with Crippen LogP contribution >= 0.6 is 0 Å². The number of nitrogens with one attached hydrogen (secondary N) is 2. The van der Waals surface area contributed by atoms with Crippen LogP contribution in [0.3, 0.4) is 0 Å². The van der Waals surface area contributed by atoms with Gasteiger partial charge in [-0.1, -0.05) is 6.07 Å². The van der Waals surface area contributed by atoms with Crippen molar-refractivity contribution in [3.63, 3.8) is 0 Å². The molecule has 3 heterocycles. The van der Waals surface area contributed by atoms with Crippen LogP contribution < -0.4 is 15.8 Å². The molecule has 4 rings (SSSR count). The minimum atomic E-state index is -1.23. The van der Waals surface area contributed by atoms with Gasteiger partial charge in [-0.3, -0.25) is 14.8 Å². The van der Waals surface area contributed by atoms with Crippen LogP contribution in [0.4, 0.5) is 13.2 Å². The maximum atomic E-state index is 14.4. The molecule has 1 atom stereocenters. The van der Waals surface area contributed by atoms with E-state index in [2.05, 4.69) is 25.0 Å². The largest absolute Gasteiger partial charge is 0.460 e. The van der Waals surface area contributed by atoms with Gasteiger partial charge in [0.15, 0.2) is 11.6 Å². The summed E-state index contributed by atoms with van der Waals surface area (Å²) in [5.41, 5.74) is 0.0263. The summed E-state index contributed by atoms with van der Waals surface area (Å²) in [7, 11) is 0. The number of alkyl halides is 1. The third kappa shape index (κ3) is 4.10. The number of hydrogen-bond acceptors (Lipinski definition) is 6. The fourth-order valence-electron chi connectivity index (χ4n) is 2.96. The van der Waals surface area contributed by atoms with Gasteiger partial charge in [-0.05, 0) is 42.0 Å². The fourth-order valence-corrected chi connectivity index (χ4v) is 2.96. The van der Waals surface area contributed by atoms with E-state index in [9.17, 15) is 22.8 Å². The number of nitrogens with zero attached hydrogens (tertiary/aromatic N) is 2. The maximum Gasteiger partial charge on any atom is 0.418 e. The molecule has 0 unspecified atom stereocenters. The van der Waals surface area contributed by atoms with E-state index in [1.165, 1.54) is 30.5 Å². The highest BCUT2D eigenvalue weighted by Crippen LogP contribution is 2.27. The van der Waals surface area contributed by atoms with E-state index in [1.54, 1.807) is 0 Å². The molecule has 31 heavy (non-hydrogen) atoms. The van der Waals surface area contributed by atoms with Crippen molar-refractivity contribution in [2.75, 3.05) is 6.86 Å². The lowest BCUT2D eigenvalue weighted by atomic mass is 10.0. The molecule has 0 aliphatic carbocycles. The number of oxazole rings is 1. The van der Waals surface area contributed by atoms with E-state index >= 15 is 0 Å². The number of fused-ring (bicyclic) bond motifs is 1. The van der Waals surface area contributed by atoms with Crippen LogP contribution in [0.25, 0.3) is 11.2 Å². The molecule has 0 spiro atoms. The molecule has 1 aromatic carbocycles. The number of aromatic amines is 1. The third-order valence-electron chi connectivity index (χ3n) is 4.35. The quantitative estimate of drug-likeness (QED) is 0.487. The first kappa shape index (κ1) is 20.1. The minimum Gasteiger partial charge on any atom is -0.460 e. The number of rotatable bonds is 6. The first-order valence-corrected chi connectivity index (χ1v) is 8.85. The van der Waals surface area contributed by atoms with Gasteiger partial charge in [0, 0.05) is 6.20 Å². The molecule has 0 saturated heterocycles. The molecular weight excluding hydrogens is 417 g/mol. The zero-order valence-corrected chi connectivity index (χ0v) is 15.6. The monoisotopic (exact) mass is 430 g/mol. The molecular formula is C20H13F3N4O4. The Morgan fingerprint density at radius 3 is 2.77 bits per heavy atom. The van der Waals surface area contributed by atoms with E-state index < -0.39 is 36.2 Å². The van der Waals surface area contributed by atoms with Gasteiger partial charge in [0.2, 0.25) is 12.6 Å². The van der Waals surface area contributed by atoms with Crippen molar-refractivity contribution < 1.29 is 27.1 Å². The fraction of sp³-hybridized carbons (Fsp3) is 0.100. The summed E-state index contributed by atoms with van der Waals surface area (Å²) in [6, 6.07) is 7.51. The number of pyridine rings is 2. The van der Waals surface area contributed by atoms with E-state index in [0.717, 1.165) is 18.2 Å². The number of benzene rings is 1. The summed E-state index contributed by atoms with van der Waals surface area (Å²) < 4.78 is 50.4. The van der Waals surface area contributed by atoms with Crippen LogP contribution in [0.2, 0.25) is 0 Å². The summed E-state index contributed by atoms with van der Waals surface area (Å²) in [6.07, 6.45) is 1.31. The van der Waals surface area contributed by atoms with E-state index in [-0.39, 0.29) is 28.4 Å². The van der Waals surface area contributed by atoms with Crippen LogP contribution in [0.15, 0.2) is 57.9 Å². The molecule has 0 saturated carbocycles. The summed E-state index contributed by atoms with van der Waals surface area (Å²) in [5.74, 6) is -3.48. The summed E-state index contributed by atoms with van der Waals surface area (Å²) >= 11 is 0. The van der Waals surface area contributed by atoms with Crippen LogP contribution in [0, 0.1) is 11.6 Å². The smallest absolute Gasteiger partial charge is 0.418 e. The van der Waals surface area contributed by atoms with E-state index in [4.69, 9.17) is 4.42 Å². The Morgan fingerprint density at radius 1 is 1.19 bits per heavy atom. The normalized spacial score (nSPS) is 12.0. The molecule has 0 aliphatic rings. The topological polar surface area (TPSA) is 110 Å². The lowest BCUT2D eigenvalue weighted by molar-refractivity contribution is 0.0936. The number of aromatic nitrogens is 3. The van der Waals surface area contributed by atoms with Crippen molar-refractivity contribution in [3.05, 3.63) is 87.8 Å². The van der Waals surface area contributed by atoms with Gasteiger partial charge in [-0.2, -0.15) is 0 Å². The average Bonchev–Trinajstić information content (AvgIpc) is 3.13. The second-order valence-electron chi connectivity index (χ2n) is 6.28. The van der Waals surface area contributed by atoms with Crippen LogP contribution in [0.5, 0.6) is 5.75 Å². The number of carbonyl (C=O) groups excluding carboxylic acids is 1. The first-order chi connectivity index (χ1) is 15.0. The molecule has 3 aromatic heterocycles. The molecule has 0 radical (unpaired) electrons. The van der Waals surface area contributed by atoms with Crippen molar-refractivity contribution in [2.45, 2.75) is 6.04 Å². The van der Waals surface area contributed by atoms with Gasteiger partial charge in [0.05, 0.1) is 6.04 Å². The second kappa shape index (κ2) is 8.30. The summed E-state index contributed by atoms with van der Waals surface area (Å²) in [5, 5.41) is 2.54. The summed E-state index contributed by atoms with van der Waals surface area (Å²) in [4.78, 5) is 34.4. The van der Waals surface area contributed by atoms with Crippen molar-refractivity contribution >= 4 is 17.1 Å². The second-order valence-corrected chi connectivity index (χ2v) is 6.28. The van der Waals surface area contributed by atoms with E-state index in [1.807, 2.05) is 0 Å². The number of H-pyrrole nitrogens is 1. The average molecular weight is 430 g/mol. The van der Waals surface area contributed by atoms with Gasteiger partial charge in [0.1, 0.15) is 22.7 Å². The molecule has 1 amide bonds. The molecule has 158 valence electrons. The Balaban J connectivity index is 1.72. The predicted molar refractivity (Wildman–Crippen MR) is 101 cm³/mol. The van der Waals surface area contributed by atoms with Crippen molar-refractivity contribution in [1.29, 1.82) is 0 Å². The zero-order valence-electron chi connectivity index (χ0n) is 15.6. The molecule has 8 nitrogen and oxygen atoms in total. The van der Waals surface area contributed by atoms with Crippen molar-refractivity contribution in [2.24, 2.45) is 0 Å². The highest BCUT2D eigenvalue weighted by molar-refractivity contribution is 5.94. The van der Waals surface area contributed by atoms with Crippen LogP contribution in [-0.2, 0) is 0 Å². The highest BCUT2D eigenvalue weighted by Gasteiger charge is 2.24.